The van der Waals surface area contributed by atoms with Crippen LogP contribution in [0.3, 0.4) is 0 Å². The molecule has 0 fully saturated rings. The summed E-state index contributed by atoms with van der Waals surface area (Å²) in [5.74, 6) is 0. The summed E-state index contributed by atoms with van der Waals surface area (Å²) in [6.07, 6.45) is 0. The minimum atomic E-state index is -3.85. The number of hydrogen-bond acceptors (Lipinski definition) is 4. The number of rotatable bonds is 4. The maximum atomic E-state index is 9.51. The summed E-state index contributed by atoms with van der Waals surface area (Å²) in [6, 6.07) is 0. The van der Waals surface area contributed by atoms with Crippen molar-refractivity contribution in [3.8, 4) is 0 Å². The van der Waals surface area contributed by atoms with E-state index in [0.717, 1.165) is 0 Å². The fourth-order valence-corrected chi connectivity index (χ4v) is 7.74. The Morgan fingerprint density at radius 3 is 1.15 bits per heavy atom. The molecular weight excluding hydrogens is 223 g/mol. The Balaban J connectivity index is 4.25. The molecule has 0 rings (SSSR count). The molecule has 2 N–H and O–H groups in total. The van der Waals surface area contributed by atoms with Crippen molar-refractivity contribution in [3.05, 3.63) is 0 Å². The molecule has 0 radical (unpaired) electrons. The molecule has 0 spiro atoms. The zero-order chi connectivity index (χ0) is 10.9. The third kappa shape index (κ3) is 9.02. The molecule has 13 heavy (non-hydrogen) atoms. The van der Waals surface area contributed by atoms with Gasteiger partial charge in [-0.05, 0) is 0 Å². The van der Waals surface area contributed by atoms with Crippen LogP contribution < -0.4 is 0 Å². The fourth-order valence-electron chi connectivity index (χ4n) is 0.819. The van der Waals surface area contributed by atoms with Gasteiger partial charge in [-0.3, -0.25) is 0 Å². The Hall–Kier alpha value is 0.704. The first-order chi connectivity index (χ1) is 5.41. The third-order valence-electron chi connectivity index (χ3n) is 0.878. The van der Waals surface area contributed by atoms with Gasteiger partial charge in [0.25, 0.3) is 0 Å². The SMILES string of the molecule is C[Si](C)(C)O[PH](O)(O)O[Si](C)(C)C. The van der Waals surface area contributed by atoms with E-state index in [2.05, 4.69) is 0 Å². The van der Waals surface area contributed by atoms with Crippen molar-refractivity contribution in [3.63, 3.8) is 0 Å². The van der Waals surface area contributed by atoms with Gasteiger partial charge in [0.15, 0.2) is 0 Å². The van der Waals surface area contributed by atoms with Gasteiger partial charge in [0.05, 0.1) is 0 Å². The van der Waals surface area contributed by atoms with Crippen LogP contribution in [0.25, 0.3) is 0 Å². The van der Waals surface area contributed by atoms with E-state index in [-0.39, 0.29) is 0 Å². The summed E-state index contributed by atoms with van der Waals surface area (Å²) in [5, 5.41) is 0. The van der Waals surface area contributed by atoms with Crippen LogP contribution in [0.4, 0.5) is 0 Å². The molecule has 0 amide bonds. The molecule has 7 heteroatoms. The first-order valence-electron chi connectivity index (χ1n) is 4.26. The first kappa shape index (κ1) is 13.7. The second kappa shape index (κ2) is 4.06. The molecule has 0 aromatic rings. The van der Waals surface area contributed by atoms with E-state index in [1.54, 1.807) is 0 Å². The molecule has 82 valence electrons. The Bertz CT molecular complexity index is 154. The van der Waals surface area contributed by atoms with Crippen molar-refractivity contribution in [1.82, 2.24) is 0 Å². The molecule has 0 aliphatic heterocycles. The van der Waals surface area contributed by atoms with Gasteiger partial charge in [-0.1, -0.05) is 0 Å². The average molecular weight is 244 g/mol. The zero-order valence-corrected chi connectivity index (χ0v) is 12.2. The summed E-state index contributed by atoms with van der Waals surface area (Å²) in [4.78, 5) is 19.0. The van der Waals surface area contributed by atoms with Crippen molar-refractivity contribution in [2.45, 2.75) is 39.3 Å². The van der Waals surface area contributed by atoms with Crippen molar-refractivity contribution in [2.24, 2.45) is 0 Å². The van der Waals surface area contributed by atoms with E-state index in [1.165, 1.54) is 0 Å². The summed E-state index contributed by atoms with van der Waals surface area (Å²) in [6.45, 7) is 11.4. The first-order valence-corrected chi connectivity index (χ1v) is 12.8. The topological polar surface area (TPSA) is 58.9 Å². The van der Waals surface area contributed by atoms with E-state index >= 15 is 0 Å². The van der Waals surface area contributed by atoms with E-state index < -0.39 is 24.8 Å². The van der Waals surface area contributed by atoms with Crippen LogP contribution in [0, 0.1) is 0 Å². The van der Waals surface area contributed by atoms with Crippen LogP contribution in [0.2, 0.25) is 39.3 Å². The summed E-state index contributed by atoms with van der Waals surface area (Å²) < 4.78 is 10.4. The van der Waals surface area contributed by atoms with Crippen LogP contribution in [0.15, 0.2) is 0 Å². The Morgan fingerprint density at radius 1 is 0.769 bits per heavy atom. The second-order valence-corrected chi connectivity index (χ2v) is 16.2. The molecule has 0 saturated heterocycles. The Kier molecular flexibility index (Phi) is 4.28. The van der Waals surface area contributed by atoms with E-state index in [0.29, 0.717) is 0 Å². The van der Waals surface area contributed by atoms with Gasteiger partial charge in [-0.15, -0.1) is 0 Å². The van der Waals surface area contributed by atoms with Crippen molar-refractivity contribution in [1.29, 1.82) is 0 Å². The molecule has 0 aliphatic carbocycles. The van der Waals surface area contributed by atoms with E-state index in [9.17, 15) is 9.79 Å². The third-order valence-corrected chi connectivity index (χ3v) is 7.90. The van der Waals surface area contributed by atoms with Gasteiger partial charge >= 0.3 is 82.3 Å². The van der Waals surface area contributed by atoms with Crippen molar-refractivity contribution in [2.75, 3.05) is 0 Å². The zero-order valence-electron chi connectivity index (χ0n) is 9.21. The predicted molar refractivity (Wildman–Crippen MR) is 61.6 cm³/mol. The van der Waals surface area contributed by atoms with Crippen LogP contribution in [0.1, 0.15) is 0 Å². The van der Waals surface area contributed by atoms with Crippen LogP contribution in [-0.2, 0) is 8.43 Å². The van der Waals surface area contributed by atoms with Crippen LogP contribution >= 0.6 is 8.17 Å². The molecule has 0 saturated carbocycles. The molecule has 0 aliphatic rings. The van der Waals surface area contributed by atoms with E-state index in [4.69, 9.17) is 8.43 Å². The molecule has 0 atom stereocenters. The van der Waals surface area contributed by atoms with Crippen molar-refractivity contribution < 1.29 is 18.2 Å². The van der Waals surface area contributed by atoms with Gasteiger partial charge in [-0.2, -0.15) is 0 Å². The molecule has 0 aromatic heterocycles. The number of hydrogen-bond donors (Lipinski definition) is 2. The standard InChI is InChI=1S/C6H21O4PSi2/c1-12(2,3)9-11(7,8)10-13(4,5)6/h7-8,11H,1-6H3. The van der Waals surface area contributed by atoms with Gasteiger partial charge < -0.3 is 0 Å². The van der Waals surface area contributed by atoms with Gasteiger partial charge in [0.2, 0.25) is 0 Å². The Labute approximate surface area is 82.8 Å². The molecule has 0 unspecified atom stereocenters. The summed E-state index contributed by atoms with van der Waals surface area (Å²) >= 11 is 0. The van der Waals surface area contributed by atoms with Gasteiger partial charge in [0, 0.05) is 0 Å². The maximum absolute atomic E-state index is 9.51. The molecule has 4 nitrogen and oxygen atoms in total. The minimum absolute atomic E-state index is 1.90. The molecule has 0 aromatic carbocycles. The van der Waals surface area contributed by atoms with Gasteiger partial charge in [-0.25, -0.2) is 0 Å². The molecule has 0 heterocycles. The molecular formula is C6H21O4PSi2. The fraction of sp³-hybridized carbons (Fsp3) is 1.00. The second-order valence-electron chi connectivity index (χ2n) is 4.98. The summed E-state index contributed by atoms with van der Waals surface area (Å²) in [7, 11) is -7.72. The molecule has 0 bridgehead atoms. The summed E-state index contributed by atoms with van der Waals surface area (Å²) in [5.41, 5.74) is 0. The van der Waals surface area contributed by atoms with Crippen LogP contribution in [-0.4, -0.2) is 26.4 Å². The average Bonchev–Trinajstić information content (AvgIpc) is 1.43. The predicted octanol–water partition coefficient (Wildman–Crippen LogP) is 2.08. The van der Waals surface area contributed by atoms with Crippen LogP contribution in [0.5, 0.6) is 0 Å². The Morgan fingerprint density at radius 2 is 1.00 bits per heavy atom. The van der Waals surface area contributed by atoms with Crippen molar-refractivity contribution >= 4 is 24.8 Å². The quantitative estimate of drug-likeness (QED) is 0.587. The normalized spacial score (nSPS) is 16.0. The van der Waals surface area contributed by atoms with Gasteiger partial charge in [0.1, 0.15) is 0 Å². The van der Waals surface area contributed by atoms with E-state index in [1.807, 2.05) is 39.3 Å². The monoisotopic (exact) mass is 244 g/mol.